The summed E-state index contributed by atoms with van der Waals surface area (Å²) in [6.07, 6.45) is 9.01. The molecular formula is C49H63N3O21S3. The number of phenols is 4. The maximum atomic E-state index is 11.4. The van der Waals surface area contributed by atoms with E-state index in [0.29, 0.717) is 76.5 Å². The lowest BCUT2D eigenvalue weighted by Crippen LogP contribution is -2.41. The third kappa shape index (κ3) is 29.6. The Kier molecular flexibility index (Phi) is 32.4. The first-order chi connectivity index (χ1) is 35.6. The van der Waals surface area contributed by atoms with Crippen molar-refractivity contribution < 1.29 is 98.2 Å². The summed E-state index contributed by atoms with van der Waals surface area (Å²) in [6.45, 7) is 8.68. The van der Waals surface area contributed by atoms with Crippen molar-refractivity contribution in [3.8, 4) is 40.2 Å². The highest BCUT2D eigenvalue weighted by atomic mass is 32.2. The van der Waals surface area contributed by atoms with E-state index in [1.54, 1.807) is 49.4 Å². The molecule has 0 spiro atoms. The highest BCUT2D eigenvalue weighted by Crippen LogP contribution is 2.27. The van der Waals surface area contributed by atoms with Gasteiger partial charge in [-0.3, -0.25) is 0 Å². The molecule has 0 saturated carbocycles. The molecule has 0 unspecified atom stereocenters. The fourth-order valence-electron chi connectivity index (χ4n) is 6.93. The molecule has 0 amide bonds. The normalized spacial score (nSPS) is 15.0. The fraction of sp³-hybridized carbons (Fsp3) is 0.429. The number of hydrogen-bond acceptors (Lipinski definition) is 21. The van der Waals surface area contributed by atoms with Crippen molar-refractivity contribution in [3.05, 3.63) is 102 Å². The van der Waals surface area contributed by atoms with Gasteiger partial charge in [-0.15, -0.1) is 0 Å². The Balaban J connectivity index is 0.000000937. The van der Waals surface area contributed by atoms with Crippen LogP contribution in [-0.4, -0.2) is 160 Å². The van der Waals surface area contributed by atoms with Crippen LogP contribution in [0.3, 0.4) is 0 Å². The van der Waals surface area contributed by atoms with Crippen molar-refractivity contribution in [1.29, 1.82) is 0 Å². The molecule has 0 atom stereocenters. The van der Waals surface area contributed by atoms with Crippen molar-refractivity contribution in [2.45, 2.75) is 77.6 Å². The van der Waals surface area contributed by atoms with E-state index in [4.69, 9.17) is 62.8 Å². The number of aromatic hydroxyl groups is 4. The third-order valence-electron chi connectivity index (χ3n) is 10.7. The average Bonchev–Trinajstić information content (AvgIpc) is 3.33. The second kappa shape index (κ2) is 35.8. The molecule has 24 nitrogen and oxygen atoms in total. The molecule has 7 rings (SSSR count). The fourth-order valence-corrected chi connectivity index (χ4v) is 9.55. The number of ether oxygens (including phenoxy) is 3. The molecule has 4 aromatic rings. The van der Waals surface area contributed by atoms with Crippen molar-refractivity contribution in [1.82, 2.24) is 12.9 Å². The molecule has 3 saturated heterocycles. The predicted octanol–water partition coefficient (Wildman–Crippen LogP) is 3.57. The summed E-state index contributed by atoms with van der Waals surface area (Å²) in [5, 5.41) is 36.7. The summed E-state index contributed by atoms with van der Waals surface area (Å²) in [6, 6.07) is 24.3. The lowest BCUT2D eigenvalue weighted by molar-refractivity contribution is -0.193. The van der Waals surface area contributed by atoms with E-state index in [0.717, 1.165) is 29.7 Å². The van der Waals surface area contributed by atoms with Crippen LogP contribution in [-0.2, 0) is 68.4 Å². The number of nitrogens with zero attached hydrogens (tertiary/aromatic N) is 3. The van der Waals surface area contributed by atoms with Crippen LogP contribution < -0.4 is 14.2 Å². The molecular weight excluding hydrogens is 1060 g/mol. The first-order valence-electron chi connectivity index (χ1n) is 22.6. The number of rotatable bonds is 9. The number of aryl methyl sites for hydroxylation is 3. The van der Waals surface area contributed by atoms with Crippen LogP contribution in [0.1, 0.15) is 55.2 Å². The second-order valence-electron chi connectivity index (χ2n) is 16.5. The Morgan fingerprint density at radius 3 is 0.987 bits per heavy atom. The molecule has 4 aromatic carbocycles. The lowest BCUT2D eigenvalue weighted by atomic mass is 10.1. The largest absolute Gasteiger partial charge is 0.508 e. The van der Waals surface area contributed by atoms with E-state index in [1.807, 2.05) is 44.2 Å². The summed E-state index contributed by atoms with van der Waals surface area (Å²) in [7, 11) is -9.24. The van der Waals surface area contributed by atoms with Gasteiger partial charge in [0.2, 0.25) is 30.1 Å². The van der Waals surface area contributed by atoms with Crippen molar-refractivity contribution in [2.75, 3.05) is 58.0 Å². The van der Waals surface area contributed by atoms with Gasteiger partial charge >= 0.3 is 24.6 Å². The number of sulfonamides is 3. The van der Waals surface area contributed by atoms with Gasteiger partial charge in [0, 0.05) is 57.5 Å². The van der Waals surface area contributed by atoms with Gasteiger partial charge in [-0.25, -0.2) is 38.2 Å². The monoisotopic (exact) mass is 1130 g/mol. The minimum absolute atomic E-state index is 0.0000983. The van der Waals surface area contributed by atoms with Crippen LogP contribution in [0.25, 0.3) is 0 Å². The molecule has 4 N–H and O–H groups in total. The Morgan fingerprint density at radius 1 is 0.408 bits per heavy atom. The standard InChI is InChI=1S/C13H19NO4S.C13H19NO3S.C12H17NO4S.C7H8O2.4CO2/c1-10-3-4-12(9-13(10)15)18-11-5-7-14(8-6-11)19(2,16)17;1-11-4-3-5-13(10-11)17-12-6-8-14(9-7-12)18(2,15)16;1-18(15,16)13-7-5-11(6-8-13)17-12-4-2-3-10(14)9-12;1-5-2-3-6(8)4-7(5)9;4*2-1-3/h3-4,9,11,15H,5-8H2,1-2H3;3-5,10,12H,6-9H2,1-2H3;2-4,9,11,14H,5-8H2,1H3;2-4,8-9H,1H3;;;;. The summed E-state index contributed by atoms with van der Waals surface area (Å²) < 4.78 is 90.0. The van der Waals surface area contributed by atoms with E-state index in [2.05, 4.69) is 0 Å². The molecule has 0 aromatic heterocycles. The van der Waals surface area contributed by atoms with E-state index in [-0.39, 0.29) is 65.9 Å². The van der Waals surface area contributed by atoms with Crippen LogP contribution in [0.5, 0.6) is 40.2 Å². The van der Waals surface area contributed by atoms with Gasteiger partial charge < -0.3 is 34.6 Å². The zero-order valence-electron chi connectivity index (χ0n) is 42.6. The molecule has 3 heterocycles. The summed E-state index contributed by atoms with van der Waals surface area (Å²) in [5.74, 6) is 2.72. The summed E-state index contributed by atoms with van der Waals surface area (Å²) >= 11 is 0. The minimum Gasteiger partial charge on any atom is -0.508 e. The van der Waals surface area contributed by atoms with Crippen LogP contribution in [0.2, 0.25) is 0 Å². The molecule has 76 heavy (non-hydrogen) atoms. The topological polar surface area (TPSA) is 357 Å². The van der Waals surface area contributed by atoms with E-state index >= 15 is 0 Å². The van der Waals surface area contributed by atoms with Crippen LogP contribution in [0.4, 0.5) is 0 Å². The maximum Gasteiger partial charge on any atom is 0.373 e. The van der Waals surface area contributed by atoms with Gasteiger partial charge in [0.15, 0.2) is 0 Å². The number of carbonyl (C=O) groups excluding carboxylic acids is 8. The summed E-state index contributed by atoms with van der Waals surface area (Å²) in [4.78, 5) is 65.0. The number of hydrogen-bond donors (Lipinski definition) is 4. The highest BCUT2D eigenvalue weighted by molar-refractivity contribution is 7.88. The van der Waals surface area contributed by atoms with Gasteiger partial charge in [-0.2, -0.15) is 38.4 Å². The quantitative estimate of drug-likeness (QED) is 0.186. The molecule has 0 radical (unpaired) electrons. The van der Waals surface area contributed by atoms with Crippen molar-refractivity contribution in [2.24, 2.45) is 0 Å². The van der Waals surface area contributed by atoms with Gasteiger partial charge in [0.1, 0.15) is 58.6 Å². The second-order valence-corrected chi connectivity index (χ2v) is 22.5. The van der Waals surface area contributed by atoms with E-state index < -0.39 is 30.1 Å². The maximum absolute atomic E-state index is 11.4. The summed E-state index contributed by atoms with van der Waals surface area (Å²) in [5.41, 5.74) is 2.74. The van der Waals surface area contributed by atoms with Gasteiger partial charge in [0.25, 0.3) is 0 Å². The highest BCUT2D eigenvalue weighted by Gasteiger charge is 2.28. The third-order valence-corrected chi connectivity index (χ3v) is 14.6. The van der Waals surface area contributed by atoms with Crippen molar-refractivity contribution >= 4 is 54.7 Å². The average molecular weight is 1130 g/mol. The Labute approximate surface area is 441 Å². The van der Waals surface area contributed by atoms with E-state index in [9.17, 15) is 35.5 Å². The SMILES string of the molecule is CS(=O)(=O)N1CCC(Oc2cccc(O)c2)CC1.Cc1ccc(O)cc1O.Cc1ccc(OC2CCN(S(C)(=O)=O)CC2)cc1O.Cc1cccc(OC2CCN(S(C)(=O)=O)CC2)c1.O=C=O.O=C=O.O=C=O.O=C=O. The zero-order chi connectivity index (χ0) is 58.1. The van der Waals surface area contributed by atoms with Crippen LogP contribution in [0.15, 0.2) is 84.9 Å². The van der Waals surface area contributed by atoms with Gasteiger partial charge in [-0.1, -0.05) is 30.3 Å². The van der Waals surface area contributed by atoms with Gasteiger partial charge in [-0.05, 0) is 112 Å². The predicted molar refractivity (Wildman–Crippen MR) is 267 cm³/mol. The number of phenolic OH excluding ortho intramolecular Hbond substituents is 4. The molecule has 27 heteroatoms. The number of benzene rings is 4. The van der Waals surface area contributed by atoms with Crippen molar-refractivity contribution in [3.63, 3.8) is 0 Å². The number of piperidine rings is 3. The Morgan fingerprint density at radius 2 is 0.697 bits per heavy atom. The first kappa shape index (κ1) is 68.7. The molecule has 0 bridgehead atoms. The zero-order valence-corrected chi connectivity index (χ0v) is 45.0. The minimum atomic E-state index is -3.10. The smallest absolute Gasteiger partial charge is 0.373 e. The first-order valence-corrected chi connectivity index (χ1v) is 28.1. The Hall–Kier alpha value is -7.27. The Bertz CT molecular complexity index is 2710. The molecule has 0 aliphatic carbocycles. The van der Waals surface area contributed by atoms with Crippen LogP contribution in [0, 0.1) is 20.8 Å². The van der Waals surface area contributed by atoms with E-state index in [1.165, 1.54) is 49.4 Å². The molecule has 3 aliphatic heterocycles. The van der Waals surface area contributed by atoms with Crippen LogP contribution >= 0.6 is 0 Å². The molecule has 3 aliphatic rings. The molecule has 3 fully saturated rings. The molecule has 418 valence electrons. The lowest BCUT2D eigenvalue weighted by Gasteiger charge is -2.30. The van der Waals surface area contributed by atoms with Gasteiger partial charge in [0.05, 0.1) is 18.8 Å².